The van der Waals surface area contributed by atoms with Crippen molar-refractivity contribution in [2.45, 2.75) is 30.7 Å². The van der Waals surface area contributed by atoms with Gasteiger partial charge in [-0.25, -0.2) is 26.9 Å². The first kappa shape index (κ1) is 20.4. The van der Waals surface area contributed by atoms with Crippen LogP contribution in [0.4, 0.5) is 8.78 Å². The van der Waals surface area contributed by atoms with Crippen molar-refractivity contribution in [3.63, 3.8) is 0 Å². The van der Waals surface area contributed by atoms with Crippen molar-refractivity contribution in [2.75, 3.05) is 19.5 Å². The first-order valence-electron chi connectivity index (χ1n) is 7.77. The molecule has 7 nitrogen and oxygen atoms in total. The highest BCUT2D eigenvalue weighted by atomic mass is 32.2. The lowest BCUT2D eigenvalue weighted by Gasteiger charge is -2.42. The van der Waals surface area contributed by atoms with E-state index >= 15 is 0 Å². The summed E-state index contributed by atoms with van der Waals surface area (Å²) in [6.07, 6.45) is 2.47. The number of hydrogen-bond donors (Lipinski definition) is 1. The highest BCUT2D eigenvalue weighted by Crippen LogP contribution is 2.41. The number of aromatic nitrogens is 3. The van der Waals surface area contributed by atoms with Crippen molar-refractivity contribution in [3.05, 3.63) is 48.1 Å². The third-order valence-corrected chi connectivity index (χ3v) is 7.16. The van der Waals surface area contributed by atoms with E-state index in [1.165, 1.54) is 38.3 Å². The van der Waals surface area contributed by atoms with Gasteiger partial charge in [-0.2, -0.15) is 5.10 Å². The summed E-state index contributed by atoms with van der Waals surface area (Å²) in [5.41, 5.74) is -2.59. The standard InChI is InChI=1S/C16H21F2N3O4S/c1-15(2,26(23,24)7-6-25-3)16(22,9-21-11-19-10-20-21)13-5-4-12(17)8-14(13)18/h4-5,8,10-11,22H,6-7,9H2,1-3H3. The smallest absolute Gasteiger partial charge is 0.160 e. The van der Waals surface area contributed by atoms with E-state index < -0.39 is 38.4 Å². The van der Waals surface area contributed by atoms with Gasteiger partial charge in [-0.05, 0) is 19.9 Å². The Labute approximate surface area is 150 Å². The van der Waals surface area contributed by atoms with Crippen LogP contribution < -0.4 is 0 Å². The molecule has 0 amide bonds. The van der Waals surface area contributed by atoms with Crippen LogP contribution in [0.15, 0.2) is 30.9 Å². The summed E-state index contributed by atoms with van der Waals surface area (Å²) >= 11 is 0. The minimum Gasteiger partial charge on any atom is -0.384 e. The van der Waals surface area contributed by atoms with Gasteiger partial charge in [0.2, 0.25) is 0 Å². The van der Waals surface area contributed by atoms with Gasteiger partial charge in [0.15, 0.2) is 9.84 Å². The van der Waals surface area contributed by atoms with Gasteiger partial charge in [-0.3, -0.25) is 0 Å². The van der Waals surface area contributed by atoms with E-state index in [1.54, 1.807) is 0 Å². The molecule has 0 saturated heterocycles. The number of sulfone groups is 1. The zero-order valence-corrected chi connectivity index (χ0v) is 15.5. The number of benzene rings is 1. The Balaban J connectivity index is 2.63. The molecule has 1 aromatic heterocycles. The molecular formula is C16H21F2N3O4S. The van der Waals surface area contributed by atoms with Gasteiger partial charge in [-0.15, -0.1) is 0 Å². The Morgan fingerprint density at radius 1 is 1.31 bits per heavy atom. The molecule has 0 aliphatic rings. The molecule has 1 unspecified atom stereocenters. The zero-order valence-electron chi connectivity index (χ0n) is 14.7. The number of halogens is 2. The average Bonchev–Trinajstić information content (AvgIpc) is 3.05. The predicted octanol–water partition coefficient (Wildman–Crippen LogP) is 1.28. The van der Waals surface area contributed by atoms with Gasteiger partial charge in [0.05, 0.1) is 18.9 Å². The molecule has 1 N–H and O–H groups in total. The summed E-state index contributed by atoms with van der Waals surface area (Å²) in [5.74, 6) is -2.27. The zero-order chi connectivity index (χ0) is 19.6. The second-order valence-electron chi connectivity index (χ2n) is 6.40. The molecule has 0 aliphatic heterocycles. The molecule has 0 bridgehead atoms. The summed E-state index contributed by atoms with van der Waals surface area (Å²) in [5, 5.41) is 15.3. The van der Waals surface area contributed by atoms with Crippen molar-refractivity contribution in [3.8, 4) is 0 Å². The van der Waals surface area contributed by atoms with Crippen molar-refractivity contribution in [1.29, 1.82) is 0 Å². The number of ether oxygens (including phenoxy) is 1. The van der Waals surface area contributed by atoms with Crippen LogP contribution in [0.3, 0.4) is 0 Å². The van der Waals surface area contributed by atoms with Gasteiger partial charge >= 0.3 is 0 Å². The Bertz CT molecular complexity index is 856. The maximum absolute atomic E-state index is 14.5. The third kappa shape index (κ3) is 3.62. The molecule has 2 aromatic rings. The van der Waals surface area contributed by atoms with E-state index in [1.807, 2.05) is 0 Å². The SMILES string of the molecule is COCCS(=O)(=O)C(C)(C)C(O)(Cn1cncn1)c1ccc(F)cc1F. The molecule has 0 saturated carbocycles. The van der Waals surface area contributed by atoms with Crippen molar-refractivity contribution in [2.24, 2.45) is 0 Å². The lowest BCUT2D eigenvalue weighted by atomic mass is 9.82. The van der Waals surface area contributed by atoms with Crippen molar-refractivity contribution in [1.82, 2.24) is 14.8 Å². The Hall–Kier alpha value is -1.91. The second kappa shape index (κ2) is 7.37. The number of nitrogens with zero attached hydrogens (tertiary/aromatic N) is 3. The monoisotopic (exact) mass is 389 g/mol. The summed E-state index contributed by atoms with van der Waals surface area (Å²) in [6, 6.07) is 2.59. The van der Waals surface area contributed by atoms with Crippen LogP contribution in [0.1, 0.15) is 19.4 Å². The average molecular weight is 389 g/mol. The maximum Gasteiger partial charge on any atom is 0.160 e. The molecule has 0 fully saturated rings. The van der Waals surface area contributed by atoms with E-state index in [9.17, 15) is 22.3 Å². The van der Waals surface area contributed by atoms with Crippen molar-refractivity contribution < 1.29 is 27.0 Å². The maximum atomic E-state index is 14.5. The molecule has 10 heteroatoms. The number of aliphatic hydroxyl groups is 1. The fourth-order valence-electron chi connectivity index (χ4n) is 2.68. The van der Waals surface area contributed by atoms with Gasteiger partial charge in [0, 0.05) is 18.7 Å². The van der Waals surface area contributed by atoms with Crippen LogP contribution in [0.2, 0.25) is 0 Å². The van der Waals surface area contributed by atoms with Crippen LogP contribution in [-0.2, 0) is 26.7 Å². The quantitative estimate of drug-likeness (QED) is 0.731. The number of methoxy groups -OCH3 is 1. The largest absolute Gasteiger partial charge is 0.384 e. The predicted molar refractivity (Wildman–Crippen MR) is 90.0 cm³/mol. The molecule has 1 aromatic carbocycles. The van der Waals surface area contributed by atoms with Crippen LogP contribution in [0, 0.1) is 11.6 Å². The molecule has 1 heterocycles. The molecule has 0 radical (unpaired) electrons. The molecular weight excluding hydrogens is 368 g/mol. The highest BCUT2D eigenvalue weighted by molar-refractivity contribution is 7.92. The second-order valence-corrected chi connectivity index (χ2v) is 9.06. The highest BCUT2D eigenvalue weighted by Gasteiger charge is 2.54. The minimum absolute atomic E-state index is 0.0862. The molecule has 2 rings (SSSR count). The fourth-order valence-corrected chi connectivity index (χ4v) is 4.26. The molecule has 26 heavy (non-hydrogen) atoms. The first-order valence-corrected chi connectivity index (χ1v) is 9.42. The molecule has 0 aliphatic carbocycles. The number of hydrogen-bond acceptors (Lipinski definition) is 6. The normalized spacial score (nSPS) is 15.0. The van der Waals surface area contributed by atoms with Gasteiger partial charge < -0.3 is 9.84 Å². The van der Waals surface area contributed by atoms with Crippen LogP contribution in [-0.4, -0.2) is 52.5 Å². The van der Waals surface area contributed by atoms with E-state index in [0.717, 1.165) is 12.1 Å². The van der Waals surface area contributed by atoms with Gasteiger partial charge in [0.1, 0.15) is 34.6 Å². The van der Waals surface area contributed by atoms with Gasteiger partial charge in [0.25, 0.3) is 0 Å². The van der Waals surface area contributed by atoms with E-state index in [0.29, 0.717) is 6.07 Å². The lowest BCUT2D eigenvalue weighted by molar-refractivity contribution is -0.0203. The van der Waals surface area contributed by atoms with E-state index in [-0.39, 0.29) is 17.9 Å². The molecule has 0 spiro atoms. The topological polar surface area (TPSA) is 94.3 Å². The van der Waals surface area contributed by atoms with E-state index in [2.05, 4.69) is 10.1 Å². The summed E-state index contributed by atoms with van der Waals surface area (Å²) in [7, 11) is -2.60. The van der Waals surface area contributed by atoms with Crippen LogP contribution in [0.5, 0.6) is 0 Å². The van der Waals surface area contributed by atoms with Gasteiger partial charge in [-0.1, -0.05) is 6.07 Å². The molecule has 1 atom stereocenters. The summed E-state index contributed by atoms with van der Waals surface area (Å²) < 4.78 is 57.7. The summed E-state index contributed by atoms with van der Waals surface area (Å²) in [6.45, 7) is 2.10. The molecule has 144 valence electrons. The van der Waals surface area contributed by atoms with Crippen LogP contribution in [0.25, 0.3) is 0 Å². The first-order chi connectivity index (χ1) is 12.0. The summed E-state index contributed by atoms with van der Waals surface area (Å²) in [4.78, 5) is 3.75. The lowest BCUT2D eigenvalue weighted by Crippen LogP contribution is -2.56. The fraction of sp³-hybridized carbons (Fsp3) is 0.500. The van der Waals surface area contributed by atoms with E-state index in [4.69, 9.17) is 4.74 Å². The number of rotatable bonds is 8. The minimum atomic E-state index is -3.95. The van der Waals surface area contributed by atoms with Crippen LogP contribution >= 0.6 is 0 Å². The Kier molecular flexibility index (Phi) is 5.79. The Morgan fingerprint density at radius 3 is 2.54 bits per heavy atom. The third-order valence-electron chi connectivity index (χ3n) is 4.56. The van der Waals surface area contributed by atoms with Crippen molar-refractivity contribution >= 4 is 9.84 Å². The Morgan fingerprint density at radius 2 is 2.00 bits per heavy atom.